The minimum absolute atomic E-state index is 0.0528. The summed E-state index contributed by atoms with van der Waals surface area (Å²) < 4.78 is 6.15. The standard InChI is InChI=1S/C22H21BrN2O3S/c1-12(2)13-8-9-18(26)17(11-13)24-22(29)25-21(27)16-10-14-6-4-5-7-15(14)19(23)20(16)28-3/h4-12,26H,1-3H3,(H2,24,25,27,29). The van der Waals surface area contributed by atoms with Gasteiger partial charge in [0.2, 0.25) is 0 Å². The normalized spacial score (nSPS) is 10.8. The lowest BCUT2D eigenvalue weighted by Gasteiger charge is -2.16. The Hall–Kier alpha value is -2.64. The Labute approximate surface area is 183 Å². The molecule has 29 heavy (non-hydrogen) atoms. The Morgan fingerprint density at radius 1 is 1.17 bits per heavy atom. The lowest BCUT2D eigenvalue weighted by Crippen LogP contribution is -2.34. The number of phenolic OH excluding ortho intramolecular Hbond substituents is 1. The molecule has 0 aliphatic rings. The van der Waals surface area contributed by atoms with E-state index >= 15 is 0 Å². The highest BCUT2D eigenvalue weighted by Crippen LogP contribution is 2.36. The van der Waals surface area contributed by atoms with Gasteiger partial charge in [0.1, 0.15) is 11.5 Å². The maximum Gasteiger partial charge on any atom is 0.261 e. The zero-order valence-corrected chi connectivity index (χ0v) is 18.6. The zero-order chi connectivity index (χ0) is 21.1. The van der Waals surface area contributed by atoms with Crippen LogP contribution in [0.5, 0.6) is 11.5 Å². The van der Waals surface area contributed by atoms with Crippen molar-refractivity contribution in [1.82, 2.24) is 5.32 Å². The number of carbonyl (C=O) groups excluding carboxylic acids is 1. The van der Waals surface area contributed by atoms with E-state index in [0.717, 1.165) is 16.3 Å². The first kappa shape index (κ1) is 21.1. The number of phenols is 1. The van der Waals surface area contributed by atoms with E-state index in [-0.39, 0.29) is 10.9 Å². The molecule has 0 aromatic heterocycles. The van der Waals surface area contributed by atoms with Crippen molar-refractivity contribution in [1.29, 1.82) is 0 Å². The van der Waals surface area contributed by atoms with Crippen molar-refractivity contribution < 1.29 is 14.6 Å². The quantitative estimate of drug-likeness (QED) is 0.342. The second-order valence-corrected chi connectivity index (χ2v) is 8.03. The number of nitrogens with one attached hydrogen (secondary N) is 2. The molecule has 0 saturated heterocycles. The van der Waals surface area contributed by atoms with E-state index in [4.69, 9.17) is 17.0 Å². The number of anilines is 1. The Bertz CT molecular complexity index is 1100. The molecule has 0 unspecified atom stereocenters. The van der Waals surface area contributed by atoms with Crippen LogP contribution < -0.4 is 15.4 Å². The van der Waals surface area contributed by atoms with Crippen LogP contribution in [0.2, 0.25) is 0 Å². The number of hydrogen-bond acceptors (Lipinski definition) is 4. The first-order valence-electron chi connectivity index (χ1n) is 9.02. The molecular weight excluding hydrogens is 452 g/mol. The number of hydrogen-bond donors (Lipinski definition) is 3. The topological polar surface area (TPSA) is 70.6 Å². The van der Waals surface area contributed by atoms with Gasteiger partial charge in [-0.1, -0.05) is 44.2 Å². The first-order valence-corrected chi connectivity index (χ1v) is 10.2. The maximum atomic E-state index is 12.9. The molecule has 150 valence electrons. The second-order valence-electron chi connectivity index (χ2n) is 6.83. The molecule has 7 heteroatoms. The van der Waals surface area contributed by atoms with E-state index in [0.29, 0.717) is 27.4 Å². The number of halogens is 1. The molecule has 3 rings (SSSR count). The highest BCUT2D eigenvalue weighted by molar-refractivity contribution is 9.10. The molecule has 3 aromatic carbocycles. The Morgan fingerprint density at radius 2 is 1.90 bits per heavy atom. The van der Waals surface area contributed by atoms with Crippen LogP contribution in [0.4, 0.5) is 5.69 Å². The zero-order valence-electron chi connectivity index (χ0n) is 16.2. The van der Waals surface area contributed by atoms with Gasteiger partial charge in [0.25, 0.3) is 5.91 Å². The van der Waals surface area contributed by atoms with E-state index in [1.54, 1.807) is 12.1 Å². The van der Waals surface area contributed by atoms with Crippen molar-refractivity contribution in [3.05, 3.63) is 64.1 Å². The highest BCUT2D eigenvalue weighted by Gasteiger charge is 2.19. The highest BCUT2D eigenvalue weighted by atomic mass is 79.9. The Kier molecular flexibility index (Phi) is 6.39. The first-order chi connectivity index (χ1) is 13.8. The van der Waals surface area contributed by atoms with Gasteiger partial charge in [-0.25, -0.2) is 0 Å². The number of benzene rings is 3. The average molecular weight is 473 g/mol. The molecule has 1 amide bonds. The molecular formula is C22H21BrN2O3S. The monoisotopic (exact) mass is 472 g/mol. The van der Waals surface area contributed by atoms with Crippen LogP contribution in [-0.2, 0) is 0 Å². The predicted octanol–water partition coefficient (Wildman–Crippen LogP) is 5.57. The summed E-state index contributed by atoms with van der Waals surface area (Å²) in [5.41, 5.74) is 1.83. The number of amides is 1. The van der Waals surface area contributed by atoms with E-state index in [1.165, 1.54) is 7.11 Å². The van der Waals surface area contributed by atoms with Gasteiger partial charge in [-0.15, -0.1) is 0 Å². The molecule has 3 aromatic rings. The number of thiocarbonyl (C=S) groups is 1. The van der Waals surface area contributed by atoms with E-state index < -0.39 is 5.91 Å². The molecule has 0 bridgehead atoms. The second kappa shape index (κ2) is 8.80. The van der Waals surface area contributed by atoms with Crippen LogP contribution in [0.25, 0.3) is 10.8 Å². The number of fused-ring (bicyclic) bond motifs is 1. The maximum absolute atomic E-state index is 12.9. The van der Waals surface area contributed by atoms with Crippen LogP contribution in [0.15, 0.2) is 53.0 Å². The summed E-state index contributed by atoms with van der Waals surface area (Å²) in [5.74, 6) is 0.356. The van der Waals surface area contributed by atoms with Crippen LogP contribution in [0.3, 0.4) is 0 Å². The van der Waals surface area contributed by atoms with Gasteiger partial charge in [-0.2, -0.15) is 0 Å². The fourth-order valence-corrected chi connectivity index (χ4v) is 3.93. The lowest BCUT2D eigenvalue weighted by molar-refractivity contribution is 0.0975. The van der Waals surface area contributed by atoms with E-state index in [9.17, 15) is 9.90 Å². The summed E-state index contributed by atoms with van der Waals surface area (Å²) in [6.45, 7) is 4.11. The summed E-state index contributed by atoms with van der Waals surface area (Å²) in [5, 5.41) is 17.6. The third-order valence-electron chi connectivity index (χ3n) is 4.55. The number of aromatic hydroxyl groups is 1. The minimum Gasteiger partial charge on any atom is -0.506 e. The summed E-state index contributed by atoms with van der Waals surface area (Å²) in [7, 11) is 1.51. The third kappa shape index (κ3) is 4.52. The number of methoxy groups -OCH3 is 1. The van der Waals surface area contributed by atoms with Crippen molar-refractivity contribution in [3.63, 3.8) is 0 Å². The van der Waals surface area contributed by atoms with E-state index in [2.05, 4.69) is 40.4 Å². The molecule has 0 atom stereocenters. The van der Waals surface area contributed by atoms with Gasteiger partial charge < -0.3 is 15.2 Å². The Balaban J connectivity index is 1.85. The summed E-state index contributed by atoms with van der Waals surface area (Å²) in [4.78, 5) is 12.9. The van der Waals surface area contributed by atoms with Gasteiger partial charge in [-0.3, -0.25) is 10.1 Å². The molecule has 0 aliphatic carbocycles. The molecule has 0 spiro atoms. The molecule has 0 fully saturated rings. The summed E-state index contributed by atoms with van der Waals surface area (Å²) in [6, 6.07) is 14.7. The SMILES string of the molecule is COc1c(C(=O)NC(=S)Nc2cc(C(C)C)ccc2O)cc2ccccc2c1Br. The van der Waals surface area contributed by atoms with Gasteiger partial charge >= 0.3 is 0 Å². The van der Waals surface area contributed by atoms with Gasteiger partial charge in [0.15, 0.2) is 5.11 Å². The van der Waals surface area contributed by atoms with Crippen molar-refractivity contribution in [2.24, 2.45) is 0 Å². The molecule has 0 radical (unpaired) electrons. The smallest absolute Gasteiger partial charge is 0.261 e. The molecule has 0 saturated carbocycles. The molecule has 5 nitrogen and oxygen atoms in total. The third-order valence-corrected chi connectivity index (χ3v) is 5.54. The molecule has 0 heterocycles. The van der Waals surface area contributed by atoms with Gasteiger partial charge in [0.05, 0.1) is 22.8 Å². The van der Waals surface area contributed by atoms with Gasteiger partial charge in [-0.05, 0) is 68.6 Å². The van der Waals surface area contributed by atoms with Crippen molar-refractivity contribution in [2.75, 3.05) is 12.4 Å². The molecule has 0 aliphatic heterocycles. The van der Waals surface area contributed by atoms with Gasteiger partial charge in [0, 0.05) is 0 Å². The molecule has 3 N–H and O–H groups in total. The van der Waals surface area contributed by atoms with Crippen LogP contribution in [-0.4, -0.2) is 23.2 Å². The van der Waals surface area contributed by atoms with Crippen LogP contribution >= 0.6 is 28.1 Å². The Morgan fingerprint density at radius 3 is 2.59 bits per heavy atom. The fourth-order valence-electron chi connectivity index (χ4n) is 2.99. The lowest BCUT2D eigenvalue weighted by atomic mass is 10.0. The predicted molar refractivity (Wildman–Crippen MR) is 124 cm³/mol. The minimum atomic E-state index is -0.412. The van der Waals surface area contributed by atoms with Crippen LogP contribution in [0.1, 0.15) is 35.7 Å². The summed E-state index contributed by atoms with van der Waals surface area (Å²) >= 11 is 8.81. The van der Waals surface area contributed by atoms with Crippen LogP contribution in [0, 0.1) is 0 Å². The summed E-state index contributed by atoms with van der Waals surface area (Å²) in [6.07, 6.45) is 0. The fraction of sp³-hybridized carbons (Fsp3) is 0.182. The van der Waals surface area contributed by atoms with E-state index in [1.807, 2.05) is 36.4 Å². The largest absolute Gasteiger partial charge is 0.506 e. The van der Waals surface area contributed by atoms with Crippen molar-refractivity contribution >= 4 is 55.6 Å². The number of rotatable bonds is 4. The van der Waals surface area contributed by atoms with Crippen molar-refractivity contribution in [2.45, 2.75) is 19.8 Å². The van der Waals surface area contributed by atoms with Crippen molar-refractivity contribution in [3.8, 4) is 11.5 Å². The average Bonchev–Trinajstić information content (AvgIpc) is 2.69. The number of carbonyl (C=O) groups is 1. The number of ether oxygens (including phenoxy) is 1.